The van der Waals surface area contributed by atoms with E-state index in [4.69, 9.17) is 14.2 Å². The van der Waals surface area contributed by atoms with Gasteiger partial charge in [0.05, 0.1) is 18.1 Å². The fourth-order valence-electron chi connectivity index (χ4n) is 3.09. The summed E-state index contributed by atoms with van der Waals surface area (Å²) in [5.74, 6) is -0.0174. The maximum absolute atomic E-state index is 12.6. The molecule has 0 unspecified atom stereocenters. The minimum Gasteiger partial charge on any atom is -0.490 e. The van der Waals surface area contributed by atoms with Gasteiger partial charge in [-0.25, -0.2) is 0 Å². The van der Waals surface area contributed by atoms with Gasteiger partial charge in [0.2, 0.25) is 0 Å². The standard InChI is InChI=1S/C24H25NO6S/c1-4-29-20-12-17(9-10-19(20)31-15-18-8-6-7-16(3)11-18)13-21-23(27)25(24(28)32-21)14-22(26)30-5-2/h6-13H,4-5,14-15H2,1-3H3/b21-13+. The molecule has 0 atom stereocenters. The van der Waals surface area contributed by atoms with Crippen molar-refractivity contribution in [3.05, 3.63) is 64.1 Å². The maximum Gasteiger partial charge on any atom is 0.326 e. The summed E-state index contributed by atoms with van der Waals surface area (Å²) in [4.78, 5) is 37.5. The molecule has 0 aromatic heterocycles. The SMILES string of the molecule is CCOC(=O)CN1C(=O)S/C(=C/c2ccc(OCc3cccc(C)c3)c(OCC)c2)C1=O. The second-order valence-electron chi connectivity index (χ2n) is 6.99. The lowest BCUT2D eigenvalue weighted by Gasteiger charge is -2.13. The van der Waals surface area contributed by atoms with Gasteiger partial charge in [0, 0.05) is 0 Å². The van der Waals surface area contributed by atoms with Gasteiger partial charge in [-0.1, -0.05) is 35.9 Å². The second kappa shape index (κ2) is 10.9. The Morgan fingerprint density at radius 3 is 2.56 bits per heavy atom. The number of imide groups is 1. The monoisotopic (exact) mass is 455 g/mol. The molecule has 8 heteroatoms. The Hall–Kier alpha value is -3.26. The first-order valence-electron chi connectivity index (χ1n) is 10.3. The van der Waals surface area contributed by atoms with Crippen molar-refractivity contribution in [2.75, 3.05) is 19.8 Å². The van der Waals surface area contributed by atoms with Crippen LogP contribution in [0.2, 0.25) is 0 Å². The Morgan fingerprint density at radius 2 is 1.84 bits per heavy atom. The van der Waals surface area contributed by atoms with E-state index in [0.717, 1.165) is 27.8 Å². The normalized spacial score (nSPS) is 14.7. The number of nitrogens with zero attached hydrogens (tertiary/aromatic N) is 1. The Balaban J connectivity index is 1.76. The molecule has 2 aromatic rings. The van der Waals surface area contributed by atoms with Crippen molar-refractivity contribution < 1.29 is 28.6 Å². The molecule has 0 spiro atoms. The first-order chi connectivity index (χ1) is 15.4. The van der Waals surface area contributed by atoms with E-state index in [1.807, 2.05) is 32.0 Å². The Kier molecular flexibility index (Phi) is 7.94. The molecule has 1 heterocycles. The summed E-state index contributed by atoms with van der Waals surface area (Å²) in [7, 11) is 0. The molecular weight excluding hydrogens is 430 g/mol. The number of amides is 2. The van der Waals surface area contributed by atoms with E-state index in [1.54, 1.807) is 31.2 Å². The Labute approximate surface area is 191 Å². The predicted molar refractivity (Wildman–Crippen MR) is 122 cm³/mol. The molecule has 168 valence electrons. The molecule has 1 aliphatic rings. The zero-order valence-electron chi connectivity index (χ0n) is 18.3. The van der Waals surface area contributed by atoms with Gasteiger partial charge in [0.25, 0.3) is 11.1 Å². The number of benzene rings is 2. The lowest BCUT2D eigenvalue weighted by molar-refractivity contribution is -0.145. The molecule has 1 fully saturated rings. The molecule has 0 aliphatic carbocycles. The van der Waals surface area contributed by atoms with Crippen molar-refractivity contribution in [3.63, 3.8) is 0 Å². The van der Waals surface area contributed by atoms with Gasteiger partial charge in [-0.15, -0.1) is 0 Å². The summed E-state index contributed by atoms with van der Waals surface area (Å²) < 4.78 is 16.5. The van der Waals surface area contributed by atoms with Crippen molar-refractivity contribution in [2.45, 2.75) is 27.4 Å². The first-order valence-corrected chi connectivity index (χ1v) is 11.1. The third kappa shape index (κ3) is 5.91. The number of ether oxygens (including phenoxy) is 3. The van der Waals surface area contributed by atoms with Crippen molar-refractivity contribution >= 4 is 35.0 Å². The van der Waals surface area contributed by atoms with Crippen LogP contribution < -0.4 is 9.47 Å². The van der Waals surface area contributed by atoms with E-state index in [9.17, 15) is 14.4 Å². The van der Waals surface area contributed by atoms with Crippen molar-refractivity contribution in [2.24, 2.45) is 0 Å². The van der Waals surface area contributed by atoms with Crippen molar-refractivity contribution in [1.82, 2.24) is 4.90 Å². The number of carbonyl (C=O) groups is 3. The smallest absolute Gasteiger partial charge is 0.326 e. The van der Waals surface area contributed by atoms with Crippen LogP contribution >= 0.6 is 11.8 Å². The molecule has 2 amide bonds. The number of hydrogen-bond acceptors (Lipinski definition) is 7. The molecule has 0 N–H and O–H groups in total. The number of aryl methyl sites for hydroxylation is 1. The van der Waals surface area contributed by atoms with Crippen molar-refractivity contribution in [1.29, 1.82) is 0 Å². The molecule has 0 radical (unpaired) electrons. The Morgan fingerprint density at radius 1 is 1.03 bits per heavy atom. The zero-order chi connectivity index (χ0) is 23.1. The Bertz CT molecular complexity index is 1050. The van der Waals surface area contributed by atoms with Gasteiger partial charge >= 0.3 is 5.97 Å². The molecule has 0 saturated carbocycles. The van der Waals surface area contributed by atoms with Crippen LogP contribution in [0.15, 0.2) is 47.4 Å². The summed E-state index contributed by atoms with van der Waals surface area (Å²) in [6, 6.07) is 13.4. The molecular formula is C24H25NO6S. The van der Waals surface area contributed by atoms with E-state index in [0.29, 0.717) is 30.3 Å². The number of carbonyl (C=O) groups excluding carboxylic acids is 3. The highest BCUT2D eigenvalue weighted by Gasteiger charge is 2.36. The van der Waals surface area contributed by atoms with Crippen LogP contribution in [0.5, 0.6) is 11.5 Å². The molecule has 1 saturated heterocycles. The minimum atomic E-state index is -0.621. The van der Waals surface area contributed by atoms with Crippen LogP contribution in [0.3, 0.4) is 0 Å². The summed E-state index contributed by atoms with van der Waals surface area (Å²) in [6.45, 7) is 6.19. The quantitative estimate of drug-likeness (QED) is 0.405. The van der Waals surface area contributed by atoms with E-state index in [1.165, 1.54) is 0 Å². The predicted octanol–water partition coefficient (Wildman–Crippen LogP) is 4.57. The number of thioether (sulfide) groups is 1. The van der Waals surface area contributed by atoms with Crippen LogP contribution in [0.25, 0.3) is 6.08 Å². The highest BCUT2D eigenvalue weighted by Crippen LogP contribution is 2.35. The lowest BCUT2D eigenvalue weighted by atomic mass is 10.1. The van der Waals surface area contributed by atoms with Gasteiger partial charge < -0.3 is 14.2 Å². The fraction of sp³-hybridized carbons (Fsp3) is 0.292. The minimum absolute atomic E-state index is 0.184. The van der Waals surface area contributed by atoms with E-state index in [2.05, 4.69) is 6.07 Å². The summed E-state index contributed by atoms with van der Waals surface area (Å²) in [5.41, 5.74) is 2.88. The average Bonchev–Trinajstić information content (AvgIpc) is 3.01. The molecule has 2 aromatic carbocycles. The molecule has 1 aliphatic heterocycles. The third-order valence-corrected chi connectivity index (χ3v) is 5.42. The third-order valence-electron chi connectivity index (χ3n) is 4.51. The van der Waals surface area contributed by atoms with Gasteiger partial charge in [-0.05, 0) is 61.9 Å². The largest absolute Gasteiger partial charge is 0.490 e. The maximum atomic E-state index is 12.6. The van der Waals surface area contributed by atoms with Crippen LogP contribution in [-0.4, -0.2) is 41.8 Å². The van der Waals surface area contributed by atoms with Crippen LogP contribution in [-0.2, 0) is 20.9 Å². The van der Waals surface area contributed by atoms with E-state index < -0.39 is 23.7 Å². The van der Waals surface area contributed by atoms with Crippen LogP contribution in [0.1, 0.15) is 30.5 Å². The summed E-state index contributed by atoms with van der Waals surface area (Å²) in [6.07, 6.45) is 1.60. The highest BCUT2D eigenvalue weighted by molar-refractivity contribution is 8.18. The number of esters is 1. The van der Waals surface area contributed by atoms with Crippen LogP contribution in [0, 0.1) is 6.92 Å². The molecule has 3 rings (SSSR count). The highest BCUT2D eigenvalue weighted by atomic mass is 32.2. The summed E-state index contributed by atoms with van der Waals surface area (Å²) >= 11 is 0.788. The van der Waals surface area contributed by atoms with Gasteiger partial charge in [0.1, 0.15) is 13.2 Å². The summed E-state index contributed by atoms with van der Waals surface area (Å²) in [5, 5.41) is -0.502. The second-order valence-corrected chi connectivity index (χ2v) is 7.98. The van der Waals surface area contributed by atoms with Gasteiger partial charge in [-0.2, -0.15) is 0 Å². The number of rotatable bonds is 9. The van der Waals surface area contributed by atoms with Crippen molar-refractivity contribution in [3.8, 4) is 11.5 Å². The van der Waals surface area contributed by atoms with E-state index in [-0.39, 0.29) is 11.5 Å². The van der Waals surface area contributed by atoms with E-state index >= 15 is 0 Å². The van der Waals surface area contributed by atoms with Gasteiger partial charge in [-0.3, -0.25) is 19.3 Å². The van der Waals surface area contributed by atoms with Gasteiger partial charge in [0.15, 0.2) is 11.5 Å². The fourth-order valence-corrected chi connectivity index (χ4v) is 3.93. The zero-order valence-corrected chi connectivity index (χ0v) is 19.1. The van der Waals surface area contributed by atoms with Crippen LogP contribution in [0.4, 0.5) is 4.79 Å². The molecule has 0 bridgehead atoms. The number of hydrogen-bond donors (Lipinski definition) is 0. The topological polar surface area (TPSA) is 82.1 Å². The lowest BCUT2D eigenvalue weighted by Crippen LogP contribution is -2.34. The first kappa shape index (κ1) is 23.4. The molecule has 32 heavy (non-hydrogen) atoms. The molecule has 7 nitrogen and oxygen atoms in total. The average molecular weight is 456 g/mol.